The third-order valence-electron chi connectivity index (χ3n) is 2.34. The van der Waals surface area contributed by atoms with Crippen LogP contribution in [-0.2, 0) is 6.42 Å². The molecule has 94 valence electrons. The van der Waals surface area contributed by atoms with Crippen LogP contribution in [0.5, 0.6) is 5.88 Å². The molecule has 0 fully saturated rings. The highest BCUT2D eigenvalue weighted by atomic mass is 16.5. The number of hydrogen-bond acceptors (Lipinski definition) is 6. The molecule has 0 bridgehead atoms. The van der Waals surface area contributed by atoms with Gasteiger partial charge in [0.05, 0.1) is 7.11 Å². The molecule has 2 aromatic rings. The van der Waals surface area contributed by atoms with Crippen molar-refractivity contribution in [2.75, 3.05) is 7.11 Å². The third-order valence-corrected chi connectivity index (χ3v) is 2.34. The summed E-state index contributed by atoms with van der Waals surface area (Å²) in [4.78, 5) is 8.50. The van der Waals surface area contributed by atoms with Crippen molar-refractivity contribution in [3.8, 4) is 17.4 Å². The first-order valence-corrected chi connectivity index (χ1v) is 5.63. The van der Waals surface area contributed by atoms with Crippen LogP contribution in [0, 0.1) is 0 Å². The fraction of sp³-hybridized carbons (Fsp3) is 0.333. The van der Waals surface area contributed by atoms with E-state index in [-0.39, 0.29) is 6.04 Å². The Morgan fingerprint density at radius 1 is 1.22 bits per heavy atom. The first-order valence-electron chi connectivity index (χ1n) is 5.63. The molecule has 0 spiro atoms. The molecule has 2 rings (SSSR count). The van der Waals surface area contributed by atoms with Crippen LogP contribution in [0.15, 0.2) is 24.5 Å². The number of rotatable bonds is 4. The summed E-state index contributed by atoms with van der Waals surface area (Å²) in [5, 5.41) is 7.86. The quantitative estimate of drug-likeness (QED) is 0.858. The van der Waals surface area contributed by atoms with Gasteiger partial charge in [0.1, 0.15) is 5.69 Å². The van der Waals surface area contributed by atoms with E-state index in [1.807, 2.05) is 6.92 Å². The standard InChI is InChI=1S/C12H15N5O/c1-8(13)5-9-6-14-12(15-7-9)10-3-4-11(18-2)17-16-10/h3-4,6-8H,5,13H2,1-2H3. The maximum Gasteiger partial charge on any atom is 0.233 e. The predicted molar refractivity (Wildman–Crippen MR) is 67.0 cm³/mol. The largest absolute Gasteiger partial charge is 0.480 e. The van der Waals surface area contributed by atoms with Gasteiger partial charge in [-0.15, -0.1) is 10.2 Å². The molecule has 18 heavy (non-hydrogen) atoms. The highest BCUT2D eigenvalue weighted by Gasteiger charge is 2.05. The lowest BCUT2D eigenvalue weighted by molar-refractivity contribution is 0.392. The van der Waals surface area contributed by atoms with Crippen molar-refractivity contribution in [3.05, 3.63) is 30.1 Å². The zero-order valence-corrected chi connectivity index (χ0v) is 10.4. The van der Waals surface area contributed by atoms with E-state index in [0.29, 0.717) is 17.4 Å². The number of ether oxygens (including phenoxy) is 1. The molecule has 6 heteroatoms. The molecule has 0 aromatic carbocycles. The predicted octanol–water partition coefficient (Wildman–Crippen LogP) is 0.832. The van der Waals surface area contributed by atoms with Crippen LogP contribution in [0.2, 0.25) is 0 Å². The Balaban J connectivity index is 2.17. The first-order chi connectivity index (χ1) is 8.69. The van der Waals surface area contributed by atoms with Crippen LogP contribution in [0.3, 0.4) is 0 Å². The second-order valence-electron chi connectivity index (χ2n) is 4.06. The summed E-state index contributed by atoms with van der Waals surface area (Å²) in [6.07, 6.45) is 4.28. The van der Waals surface area contributed by atoms with Gasteiger partial charge in [0.15, 0.2) is 5.82 Å². The lowest BCUT2D eigenvalue weighted by atomic mass is 10.1. The zero-order valence-electron chi connectivity index (χ0n) is 10.4. The summed E-state index contributed by atoms with van der Waals surface area (Å²) in [6, 6.07) is 3.59. The van der Waals surface area contributed by atoms with E-state index in [1.165, 1.54) is 0 Å². The molecule has 0 saturated heterocycles. The fourth-order valence-electron chi connectivity index (χ4n) is 1.51. The minimum absolute atomic E-state index is 0.0974. The molecule has 0 aliphatic carbocycles. The van der Waals surface area contributed by atoms with Gasteiger partial charge < -0.3 is 10.5 Å². The minimum Gasteiger partial charge on any atom is -0.480 e. The molecule has 2 aromatic heterocycles. The molecule has 2 N–H and O–H groups in total. The van der Waals surface area contributed by atoms with Crippen LogP contribution >= 0.6 is 0 Å². The SMILES string of the molecule is COc1ccc(-c2ncc(CC(C)N)cn2)nn1. The average molecular weight is 245 g/mol. The molecule has 1 atom stereocenters. The maximum atomic E-state index is 5.71. The molecular formula is C12H15N5O. The molecule has 1 unspecified atom stereocenters. The minimum atomic E-state index is 0.0974. The van der Waals surface area contributed by atoms with E-state index in [0.717, 1.165) is 12.0 Å². The molecule has 0 radical (unpaired) electrons. The molecular weight excluding hydrogens is 230 g/mol. The molecule has 6 nitrogen and oxygen atoms in total. The van der Waals surface area contributed by atoms with Crippen molar-refractivity contribution >= 4 is 0 Å². The second-order valence-corrected chi connectivity index (χ2v) is 4.06. The van der Waals surface area contributed by atoms with Crippen molar-refractivity contribution in [3.63, 3.8) is 0 Å². The number of hydrogen-bond donors (Lipinski definition) is 1. The van der Waals surface area contributed by atoms with Crippen LogP contribution in [-0.4, -0.2) is 33.3 Å². The zero-order chi connectivity index (χ0) is 13.0. The normalized spacial score (nSPS) is 12.2. The summed E-state index contributed by atoms with van der Waals surface area (Å²) in [5.74, 6) is 1.01. The Hall–Kier alpha value is -2.08. The Bertz CT molecular complexity index is 495. The van der Waals surface area contributed by atoms with Crippen molar-refractivity contribution < 1.29 is 4.74 Å². The first kappa shape index (κ1) is 12.4. The lowest BCUT2D eigenvalue weighted by Gasteiger charge is -2.05. The Kier molecular flexibility index (Phi) is 3.78. The highest BCUT2D eigenvalue weighted by molar-refractivity contribution is 5.47. The number of aromatic nitrogens is 4. The van der Waals surface area contributed by atoms with E-state index >= 15 is 0 Å². The van der Waals surface area contributed by atoms with E-state index in [1.54, 1.807) is 31.6 Å². The van der Waals surface area contributed by atoms with Gasteiger partial charge in [-0.2, -0.15) is 0 Å². The highest BCUT2D eigenvalue weighted by Crippen LogP contribution is 2.13. The van der Waals surface area contributed by atoms with Gasteiger partial charge in [-0.1, -0.05) is 0 Å². The van der Waals surface area contributed by atoms with E-state index in [4.69, 9.17) is 10.5 Å². The molecule has 0 aliphatic heterocycles. The van der Waals surface area contributed by atoms with Gasteiger partial charge in [-0.05, 0) is 25.0 Å². The summed E-state index contributed by atoms with van der Waals surface area (Å²) < 4.78 is 4.94. The smallest absolute Gasteiger partial charge is 0.233 e. The van der Waals surface area contributed by atoms with Crippen LogP contribution in [0.4, 0.5) is 0 Å². The van der Waals surface area contributed by atoms with Crippen molar-refractivity contribution in [1.29, 1.82) is 0 Å². The summed E-state index contributed by atoms with van der Waals surface area (Å²) in [6.45, 7) is 1.95. The van der Waals surface area contributed by atoms with Gasteiger partial charge in [0.2, 0.25) is 5.88 Å². The maximum absolute atomic E-state index is 5.71. The molecule has 0 aliphatic rings. The van der Waals surface area contributed by atoms with Gasteiger partial charge in [0, 0.05) is 24.5 Å². The molecule has 2 heterocycles. The molecule has 0 amide bonds. The van der Waals surface area contributed by atoms with Gasteiger partial charge in [-0.3, -0.25) is 0 Å². The second kappa shape index (κ2) is 5.50. The van der Waals surface area contributed by atoms with E-state index in [9.17, 15) is 0 Å². The summed E-state index contributed by atoms with van der Waals surface area (Å²) in [7, 11) is 1.54. The van der Waals surface area contributed by atoms with Crippen molar-refractivity contribution in [2.45, 2.75) is 19.4 Å². The Morgan fingerprint density at radius 2 is 1.94 bits per heavy atom. The summed E-state index contributed by atoms with van der Waals surface area (Å²) in [5.41, 5.74) is 7.34. The Morgan fingerprint density at radius 3 is 2.44 bits per heavy atom. The number of nitrogens with two attached hydrogens (primary N) is 1. The monoisotopic (exact) mass is 245 g/mol. The van der Waals surface area contributed by atoms with E-state index in [2.05, 4.69) is 20.2 Å². The third kappa shape index (κ3) is 2.98. The van der Waals surface area contributed by atoms with Crippen molar-refractivity contribution in [2.24, 2.45) is 5.73 Å². The Labute approximate surface area is 105 Å². The van der Waals surface area contributed by atoms with E-state index < -0.39 is 0 Å². The van der Waals surface area contributed by atoms with Crippen LogP contribution in [0.1, 0.15) is 12.5 Å². The summed E-state index contributed by atoms with van der Waals surface area (Å²) >= 11 is 0. The average Bonchev–Trinajstić information content (AvgIpc) is 2.39. The van der Waals surface area contributed by atoms with Crippen LogP contribution in [0.25, 0.3) is 11.5 Å². The van der Waals surface area contributed by atoms with Crippen molar-refractivity contribution in [1.82, 2.24) is 20.2 Å². The van der Waals surface area contributed by atoms with Crippen LogP contribution < -0.4 is 10.5 Å². The number of methoxy groups -OCH3 is 1. The van der Waals surface area contributed by atoms with Gasteiger partial charge in [-0.25, -0.2) is 9.97 Å². The topological polar surface area (TPSA) is 86.8 Å². The fourth-order valence-corrected chi connectivity index (χ4v) is 1.51. The van der Waals surface area contributed by atoms with Gasteiger partial charge in [0.25, 0.3) is 0 Å². The van der Waals surface area contributed by atoms with Gasteiger partial charge >= 0.3 is 0 Å². The number of nitrogens with zero attached hydrogens (tertiary/aromatic N) is 4. The lowest BCUT2D eigenvalue weighted by Crippen LogP contribution is -2.18. The molecule has 0 saturated carbocycles.